The summed E-state index contributed by atoms with van der Waals surface area (Å²) in [6, 6.07) is 3.71. The van der Waals surface area contributed by atoms with Crippen LogP contribution in [-0.2, 0) is 0 Å². The molecule has 0 aromatic heterocycles. The first-order valence-electron chi connectivity index (χ1n) is 5.44. The quantitative estimate of drug-likeness (QED) is 0.517. The number of halogens is 1. The molecule has 0 spiro atoms. The van der Waals surface area contributed by atoms with Crippen LogP contribution < -0.4 is 15.3 Å². The third-order valence-electron chi connectivity index (χ3n) is 1.94. The molecule has 2 N–H and O–H groups in total. The van der Waals surface area contributed by atoms with E-state index >= 15 is 0 Å². The van der Waals surface area contributed by atoms with Gasteiger partial charge in [0.1, 0.15) is 0 Å². The number of rotatable bonds is 5. The van der Waals surface area contributed by atoms with Crippen molar-refractivity contribution in [2.75, 3.05) is 6.61 Å². The highest BCUT2D eigenvalue weighted by molar-refractivity contribution is 9.10. The normalized spacial score (nSPS) is 11.1. The Bertz CT molecular complexity index is 406. The van der Waals surface area contributed by atoms with E-state index in [9.17, 15) is 0 Å². The molecule has 0 bridgehead atoms. The van der Waals surface area contributed by atoms with E-state index in [4.69, 9.17) is 15.3 Å². The maximum absolute atomic E-state index is 5.68. The first-order valence-corrected chi connectivity index (χ1v) is 6.24. The van der Waals surface area contributed by atoms with Gasteiger partial charge in [0.05, 0.1) is 18.9 Å². The molecule has 0 saturated carbocycles. The maximum atomic E-state index is 5.68. The highest BCUT2D eigenvalue weighted by atomic mass is 79.9. The Kier molecular flexibility index (Phi) is 5.28. The average molecular weight is 301 g/mol. The number of nitrogens with two attached hydrogens (primary N) is 1. The Balaban J connectivity index is 3.15. The van der Waals surface area contributed by atoms with Crippen molar-refractivity contribution in [1.82, 2.24) is 0 Å². The Hall–Kier alpha value is -1.23. The van der Waals surface area contributed by atoms with Crippen LogP contribution in [0.1, 0.15) is 26.3 Å². The van der Waals surface area contributed by atoms with E-state index in [1.165, 1.54) is 0 Å². The van der Waals surface area contributed by atoms with Crippen molar-refractivity contribution in [1.29, 1.82) is 0 Å². The lowest BCUT2D eigenvalue weighted by Gasteiger charge is -2.15. The second-order valence-corrected chi connectivity index (χ2v) is 4.55. The number of nitrogens with zero attached hydrogens (tertiary/aromatic N) is 1. The molecule has 1 aromatic rings. The minimum absolute atomic E-state index is 0.0927. The van der Waals surface area contributed by atoms with Crippen LogP contribution in [0.25, 0.3) is 0 Å². The molecule has 5 heteroatoms. The fraction of sp³-hybridized carbons (Fsp3) is 0.417. The van der Waals surface area contributed by atoms with Gasteiger partial charge in [-0.1, -0.05) is 0 Å². The van der Waals surface area contributed by atoms with E-state index in [1.807, 2.05) is 32.9 Å². The molecule has 0 heterocycles. The van der Waals surface area contributed by atoms with Crippen molar-refractivity contribution in [2.24, 2.45) is 10.9 Å². The van der Waals surface area contributed by atoms with Crippen LogP contribution in [0, 0.1) is 0 Å². The summed E-state index contributed by atoms with van der Waals surface area (Å²) in [6.45, 7) is 6.45. The lowest BCUT2D eigenvalue weighted by Crippen LogP contribution is -2.08. The molecule has 0 unspecified atom stereocenters. The van der Waals surface area contributed by atoms with Crippen LogP contribution in [0.5, 0.6) is 11.5 Å². The molecule has 0 atom stereocenters. The van der Waals surface area contributed by atoms with Crippen molar-refractivity contribution in [3.63, 3.8) is 0 Å². The van der Waals surface area contributed by atoms with Crippen molar-refractivity contribution in [3.05, 3.63) is 22.2 Å². The summed E-state index contributed by atoms with van der Waals surface area (Å²) < 4.78 is 12.1. The molecule has 94 valence electrons. The summed E-state index contributed by atoms with van der Waals surface area (Å²) in [5, 5.41) is 3.51. The summed E-state index contributed by atoms with van der Waals surface area (Å²) >= 11 is 3.44. The predicted molar refractivity (Wildman–Crippen MR) is 72.9 cm³/mol. The van der Waals surface area contributed by atoms with Gasteiger partial charge >= 0.3 is 0 Å². The lowest BCUT2D eigenvalue weighted by molar-refractivity contribution is 0.223. The van der Waals surface area contributed by atoms with Gasteiger partial charge in [0.2, 0.25) is 0 Å². The average Bonchev–Trinajstić information content (AvgIpc) is 2.24. The number of hydrazone groups is 1. The standard InChI is InChI=1S/C12H17BrN2O2/c1-4-16-11-5-9(7-15-14)10(13)6-12(11)17-8(2)3/h5-8H,4,14H2,1-3H3. The first kappa shape index (κ1) is 13.8. The highest BCUT2D eigenvalue weighted by Crippen LogP contribution is 2.33. The van der Waals surface area contributed by atoms with Gasteiger partial charge in [0.15, 0.2) is 11.5 Å². The summed E-state index contributed by atoms with van der Waals surface area (Å²) in [6.07, 6.45) is 1.65. The van der Waals surface area contributed by atoms with Crippen LogP contribution in [0.4, 0.5) is 0 Å². The van der Waals surface area contributed by atoms with Crippen molar-refractivity contribution >= 4 is 22.1 Å². The van der Waals surface area contributed by atoms with Crippen LogP contribution >= 0.6 is 15.9 Å². The lowest BCUT2D eigenvalue weighted by atomic mass is 10.2. The molecule has 0 amide bonds. The molecule has 1 aromatic carbocycles. The van der Waals surface area contributed by atoms with Gasteiger partial charge in [-0.2, -0.15) is 5.10 Å². The minimum Gasteiger partial charge on any atom is -0.490 e. The number of ether oxygens (including phenoxy) is 2. The van der Waals surface area contributed by atoms with Gasteiger partial charge < -0.3 is 15.3 Å². The van der Waals surface area contributed by atoms with Crippen molar-refractivity contribution in [3.8, 4) is 11.5 Å². The SMILES string of the molecule is CCOc1cc(C=NN)c(Br)cc1OC(C)C. The number of hydrogen-bond acceptors (Lipinski definition) is 4. The second kappa shape index (κ2) is 6.49. The molecule has 4 nitrogen and oxygen atoms in total. The molecule has 17 heavy (non-hydrogen) atoms. The fourth-order valence-corrected chi connectivity index (χ4v) is 1.77. The molecule has 0 aliphatic carbocycles. The van der Waals surface area contributed by atoms with E-state index in [1.54, 1.807) is 6.21 Å². The predicted octanol–water partition coefficient (Wildman–Crippen LogP) is 2.93. The molecule has 0 radical (unpaired) electrons. The Labute approximate surface area is 110 Å². The van der Waals surface area contributed by atoms with E-state index in [0.29, 0.717) is 18.1 Å². The van der Waals surface area contributed by atoms with Crippen LogP contribution in [-0.4, -0.2) is 18.9 Å². The third-order valence-corrected chi connectivity index (χ3v) is 2.63. The monoisotopic (exact) mass is 300 g/mol. The number of benzene rings is 1. The second-order valence-electron chi connectivity index (χ2n) is 3.70. The van der Waals surface area contributed by atoms with E-state index in [2.05, 4.69) is 21.0 Å². The van der Waals surface area contributed by atoms with Crippen LogP contribution in [0.2, 0.25) is 0 Å². The summed E-state index contributed by atoms with van der Waals surface area (Å²) in [4.78, 5) is 0. The maximum Gasteiger partial charge on any atom is 0.162 e. The van der Waals surface area contributed by atoms with Crippen LogP contribution in [0.3, 0.4) is 0 Å². The molecular formula is C12H17BrN2O2. The van der Waals surface area contributed by atoms with E-state index in [0.717, 1.165) is 10.0 Å². The van der Waals surface area contributed by atoms with E-state index in [-0.39, 0.29) is 6.10 Å². The molecule has 0 fully saturated rings. The van der Waals surface area contributed by atoms with Crippen LogP contribution in [0.15, 0.2) is 21.7 Å². The van der Waals surface area contributed by atoms with Gasteiger partial charge in [-0.3, -0.25) is 0 Å². The molecule has 0 aliphatic heterocycles. The third kappa shape index (κ3) is 3.93. The van der Waals surface area contributed by atoms with Gasteiger partial charge in [0, 0.05) is 10.0 Å². The Morgan fingerprint density at radius 3 is 2.65 bits per heavy atom. The van der Waals surface area contributed by atoms with Gasteiger partial charge in [-0.25, -0.2) is 0 Å². The first-order chi connectivity index (χ1) is 8.08. The molecule has 0 saturated heterocycles. The molecule has 0 aliphatic rings. The smallest absolute Gasteiger partial charge is 0.162 e. The zero-order chi connectivity index (χ0) is 12.8. The Morgan fingerprint density at radius 1 is 1.41 bits per heavy atom. The Morgan fingerprint density at radius 2 is 2.12 bits per heavy atom. The number of hydrogen-bond donors (Lipinski definition) is 1. The van der Waals surface area contributed by atoms with Gasteiger partial charge in [-0.05, 0) is 48.8 Å². The molecular weight excluding hydrogens is 284 g/mol. The largest absolute Gasteiger partial charge is 0.490 e. The fourth-order valence-electron chi connectivity index (χ4n) is 1.34. The molecule has 1 rings (SSSR count). The highest BCUT2D eigenvalue weighted by Gasteiger charge is 2.11. The zero-order valence-electron chi connectivity index (χ0n) is 10.2. The summed E-state index contributed by atoms with van der Waals surface area (Å²) in [5.74, 6) is 6.55. The van der Waals surface area contributed by atoms with Gasteiger partial charge in [0.25, 0.3) is 0 Å². The van der Waals surface area contributed by atoms with Crippen molar-refractivity contribution in [2.45, 2.75) is 26.9 Å². The summed E-state index contributed by atoms with van der Waals surface area (Å²) in [5.41, 5.74) is 0.854. The zero-order valence-corrected chi connectivity index (χ0v) is 11.8. The minimum atomic E-state index is 0.0927. The van der Waals surface area contributed by atoms with Gasteiger partial charge in [-0.15, -0.1) is 0 Å². The summed E-state index contributed by atoms with van der Waals surface area (Å²) in [7, 11) is 0. The topological polar surface area (TPSA) is 56.8 Å². The van der Waals surface area contributed by atoms with E-state index < -0.39 is 0 Å². The van der Waals surface area contributed by atoms with Crippen molar-refractivity contribution < 1.29 is 9.47 Å².